The summed E-state index contributed by atoms with van der Waals surface area (Å²) in [6, 6.07) is 16.6. The molecule has 3 heteroatoms. The summed E-state index contributed by atoms with van der Waals surface area (Å²) < 4.78 is 5.44. The largest absolute Gasteiger partial charge is 0.422 e. The molecule has 130 valence electrons. The molecule has 0 aliphatic carbocycles. The SMILES string of the molecule is Cc1ccc2c(CN[C@H](C)CCc3ccccc3)cc(=O)oc2c1C. The summed E-state index contributed by atoms with van der Waals surface area (Å²) in [7, 11) is 0. The number of aryl methyl sites for hydroxylation is 3. The Bertz CT molecular complexity index is 912. The zero-order valence-corrected chi connectivity index (χ0v) is 15.1. The maximum absolute atomic E-state index is 11.9. The summed E-state index contributed by atoms with van der Waals surface area (Å²) in [4.78, 5) is 11.9. The molecule has 0 bridgehead atoms. The third-order valence-electron chi connectivity index (χ3n) is 4.87. The molecular weight excluding hydrogens is 310 g/mol. The lowest BCUT2D eigenvalue weighted by Gasteiger charge is -2.15. The van der Waals surface area contributed by atoms with E-state index in [4.69, 9.17) is 4.42 Å². The van der Waals surface area contributed by atoms with Gasteiger partial charge in [-0.3, -0.25) is 0 Å². The van der Waals surface area contributed by atoms with Crippen LogP contribution in [0.15, 0.2) is 57.7 Å². The van der Waals surface area contributed by atoms with E-state index in [0.717, 1.165) is 34.9 Å². The van der Waals surface area contributed by atoms with Crippen molar-refractivity contribution in [1.29, 1.82) is 0 Å². The summed E-state index contributed by atoms with van der Waals surface area (Å²) in [6.45, 7) is 6.89. The Kier molecular flexibility index (Phi) is 5.34. The van der Waals surface area contributed by atoms with E-state index in [2.05, 4.69) is 42.6 Å². The molecule has 3 nitrogen and oxygen atoms in total. The molecule has 3 rings (SSSR count). The zero-order chi connectivity index (χ0) is 17.8. The monoisotopic (exact) mass is 335 g/mol. The van der Waals surface area contributed by atoms with Gasteiger partial charge in [0.25, 0.3) is 0 Å². The maximum Gasteiger partial charge on any atom is 0.336 e. The molecule has 1 aromatic heterocycles. The first kappa shape index (κ1) is 17.4. The lowest BCUT2D eigenvalue weighted by molar-refractivity contribution is 0.510. The Balaban J connectivity index is 1.70. The van der Waals surface area contributed by atoms with Gasteiger partial charge in [-0.15, -0.1) is 0 Å². The van der Waals surface area contributed by atoms with Crippen molar-refractivity contribution in [2.75, 3.05) is 0 Å². The molecule has 0 aliphatic rings. The molecule has 0 radical (unpaired) electrons. The molecule has 25 heavy (non-hydrogen) atoms. The van der Waals surface area contributed by atoms with E-state index in [1.807, 2.05) is 26.0 Å². The van der Waals surface area contributed by atoms with Crippen molar-refractivity contribution < 1.29 is 4.42 Å². The third-order valence-corrected chi connectivity index (χ3v) is 4.87. The highest BCUT2D eigenvalue weighted by molar-refractivity contribution is 5.83. The lowest BCUT2D eigenvalue weighted by atomic mass is 10.0. The maximum atomic E-state index is 11.9. The van der Waals surface area contributed by atoms with E-state index in [1.54, 1.807) is 6.07 Å². The lowest BCUT2D eigenvalue weighted by Crippen LogP contribution is -2.26. The average molecular weight is 335 g/mol. The zero-order valence-electron chi connectivity index (χ0n) is 15.1. The van der Waals surface area contributed by atoms with Gasteiger partial charge in [0.2, 0.25) is 0 Å². The first-order valence-electron chi connectivity index (χ1n) is 8.85. The van der Waals surface area contributed by atoms with Gasteiger partial charge in [0, 0.05) is 24.0 Å². The number of hydrogen-bond acceptors (Lipinski definition) is 3. The summed E-state index contributed by atoms with van der Waals surface area (Å²) in [5.74, 6) is 0. The van der Waals surface area contributed by atoms with Crippen LogP contribution in [0.4, 0.5) is 0 Å². The van der Waals surface area contributed by atoms with Crippen LogP contribution in [0.25, 0.3) is 11.0 Å². The molecular formula is C22H25NO2. The quantitative estimate of drug-likeness (QED) is 0.673. The van der Waals surface area contributed by atoms with Gasteiger partial charge in [0.15, 0.2) is 0 Å². The predicted molar refractivity (Wildman–Crippen MR) is 103 cm³/mol. The van der Waals surface area contributed by atoms with Gasteiger partial charge in [-0.25, -0.2) is 4.79 Å². The van der Waals surface area contributed by atoms with Crippen molar-refractivity contribution in [3.05, 3.63) is 81.2 Å². The van der Waals surface area contributed by atoms with E-state index < -0.39 is 0 Å². The second-order valence-electron chi connectivity index (χ2n) is 6.78. The fourth-order valence-electron chi connectivity index (χ4n) is 3.08. The van der Waals surface area contributed by atoms with E-state index in [0.29, 0.717) is 18.2 Å². The summed E-state index contributed by atoms with van der Waals surface area (Å²) in [5.41, 5.74) is 4.95. The second kappa shape index (κ2) is 7.66. The molecule has 1 atom stereocenters. The minimum absolute atomic E-state index is 0.282. The summed E-state index contributed by atoms with van der Waals surface area (Å²) >= 11 is 0. The topological polar surface area (TPSA) is 42.2 Å². The molecule has 0 aliphatic heterocycles. The van der Waals surface area contributed by atoms with Gasteiger partial charge >= 0.3 is 5.63 Å². The molecule has 0 amide bonds. The van der Waals surface area contributed by atoms with Crippen LogP contribution in [0.3, 0.4) is 0 Å². The molecule has 3 aromatic rings. The highest BCUT2D eigenvalue weighted by atomic mass is 16.4. The van der Waals surface area contributed by atoms with Gasteiger partial charge in [-0.1, -0.05) is 42.5 Å². The Morgan fingerprint density at radius 3 is 2.60 bits per heavy atom. The Hall–Kier alpha value is -2.39. The Labute approximate surface area is 148 Å². The van der Waals surface area contributed by atoms with Crippen LogP contribution in [0.5, 0.6) is 0 Å². The minimum atomic E-state index is -0.282. The van der Waals surface area contributed by atoms with Crippen LogP contribution in [-0.2, 0) is 13.0 Å². The van der Waals surface area contributed by atoms with Crippen molar-refractivity contribution in [2.45, 2.75) is 46.2 Å². The van der Waals surface area contributed by atoms with Crippen LogP contribution in [-0.4, -0.2) is 6.04 Å². The first-order chi connectivity index (χ1) is 12.0. The fourth-order valence-corrected chi connectivity index (χ4v) is 3.08. The highest BCUT2D eigenvalue weighted by Gasteiger charge is 2.10. The van der Waals surface area contributed by atoms with E-state index in [1.165, 1.54) is 5.56 Å². The van der Waals surface area contributed by atoms with E-state index in [-0.39, 0.29) is 5.63 Å². The first-order valence-corrected chi connectivity index (χ1v) is 8.85. The van der Waals surface area contributed by atoms with Crippen LogP contribution in [0, 0.1) is 13.8 Å². The molecule has 0 spiro atoms. The third kappa shape index (κ3) is 4.18. The summed E-state index contributed by atoms with van der Waals surface area (Å²) in [5, 5.41) is 4.56. The van der Waals surface area contributed by atoms with Crippen molar-refractivity contribution in [1.82, 2.24) is 5.32 Å². The number of fused-ring (bicyclic) bond motifs is 1. The van der Waals surface area contributed by atoms with Crippen LogP contribution >= 0.6 is 0 Å². The standard InChI is InChI=1S/C22H25NO2/c1-15-9-12-20-19(13-21(24)25-22(20)17(15)3)14-23-16(2)10-11-18-7-5-4-6-8-18/h4-9,12-13,16,23H,10-11,14H2,1-3H3/t16-/m1/s1. The number of rotatable bonds is 6. The van der Waals surface area contributed by atoms with Crippen molar-refractivity contribution in [3.63, 3.8) is 0 Å². The van der Waals surface area contributed by atoms with Crippen molar-refractivity contribution >= 4 is 11.0 Å². The molecule has 0 saturated heterocycles. The number of benzene rings is 2. The molecule has 2 aromatic carbocycles. The fraction of sp³-hybridized carbons (Fsp3) is 0.318. The van der Waals surface area contributed by atoms with Gasteiger partial charge < -0.3 is 9.73 Å². The van der Waals surface area contributed by atoms with Crippen molar-refractivity contribution in [2.24, 2.45) is 0 Å². The molecule has 0 saturated carbocycles. The van der Waals surface area contributed by atoms with Crippen LogP contribution in [0.2, 0.25) is 0 Å². The van der Waals surface area contributed by atoms with E-state index >= 15 is 0 Å². The molecule has 0 unspecified atom stereocenters. The Morgan fingerprint density at radius 1 is 1.08 bits per heavy atom. The summed E-state index contributed by atoms with van der Waals surface area (Å²) in [6.07, 6.45) is 2.10. The average Bonchev–Trinajstić information content (AvgIpc) is 2.62. The number of nitrogens with one attached hydrogen (secondary N) is 1. The second-order valence-corrected chi connectivity index (χ2v) is 6.78. The molecule has 0 fully saturated rings. The smallest absolute Gasteiger partial charge is 0.336 e. The minimum Gasteiger partial charge on any atom is -0.422 e. The van der Waals surface area contributed by atoms with Gasteiger partial charge in [0.05, 0.1) is 0 Å². The van der Waals surface area contributed by atoms with Gasteiger partial charge in [-0.2, -0.15) is 0 Å². The van der Waals surface area contributed by atoms with Gasteiger partial charge in [-0.05, 0) is 55.9 Å². The molecule has 1 heterocycles. The van der Waals surface area contributed by atoms with Crippen LogP contribution in [0.1, 0.15) is 35.6 Å². The van der Waals surface area contributed by atoms with Crippen LogP contribution < -0.4 is 10.9 Å². The molecule has 1 N–H and O–H groups in total. The van der Waals surface area contributed by atoms with Crippen molar-refractivity contribution in [3.8, 4) is 0 Å². The predicted octanol–water partition coefficient (Wildman–Crippen LogP) is 4.52. The number of hydrogen-bond donors (Lipinski definition) is 1. The van der Waals surface area contributed by atoms with Gasteiger partial charge in [0.1, 0.15) is 5.58 Å². The van der Waals surface area contributed by atoms with E-state index in [9.17, 15) is 4.79 Å². The normalized spacial score (nSPS) is 12.4. The Morgan fingerprint density at radius 2 is 1.84 bits per heavy atom. The highest BCUT2D eigenvalue weighted by Crippen LogP contribution is 2.23.